The molecule has 11 nitrogen and oxygen atoms in total. The molecule has 1 N–H and O–H groups in total. The van der Waals surface area contributed by atoms with Crippen LogP contribution in [0.1, 0.15) is 87.7 Å². The first kappa shape index (κ1) is 35.1. The molecule has 2 amide bonds. The molecule has 3 fully saturated rings. The van der Waals surface area contributed by atoms with E-state index in [1.807, 2.05) is 52.5 Å². The maximum Gasteiger partial charge on any atom is 0.340 e. The van der Waals surface area contributed by atoms with Crippen molar-refractivity contribution in [3.8, 4) is 11.3 Å². The van der Waals surface area contributed by atoms with Gasteiger partial charge in [-0.05, 0) is 89.2 Å². The minimum atomic E-state index is -1.03. The van der Waals surface area contributed by atoms with Crippen LogP contribution in [0.3, 0.4) is 0 Å². The van der Waals surface area contributed by atoms with E-state index in [9.17, 15) is 18.8 Å². The fourth-order valence-corrected chi connectivity index (χ4v) is 8.88. The van der Waals surface area contributed by atoms with Crippen molar-refractivity contribution in [3.63, 3.8) is 0 Å². The quantitative estimate of drug-likeness (QED) is 0.209. The molecule has 2 aromatic heterocycles. The number of hydrogen-bond donors (Lipinski definition) is 1. The molecule has 0 atom stereocenters. The molecule has 2 saturated heterocycles. The van der Waals surface area contributed by atoms with Crippen LogP contribution >= 0.6 is 0 Å². The predicted octanol–water partition coefficient (Wildman–Crippen LogP) is 6.73. The lowest BCUT2D eigenvalue weighted by Crippen LogP contribution is -2.58. The Kier molecular flexibility index (Phi) is 8.95. The zero-order chi connectivity index (χ0) is 37.2. The number of nitrogens with one attached hydrogen (secondary N) is 1. The van der Waals surface area contributed by atoms with Crippen molar-refractivity contribution in [3.05, 3.63) is 65.5 Å². The van der Waals surface area contributed by atoms with E-state index < -0.39 is 28.6 Å². The van der Waals surface area contributed by atoms with E-state index in [0.717, 1.165) is 55.9 Å². The third-order valence-electron chi connectivity index (χ3n) is 11.9. The molecule has 1 saturated carbocycles. The molecule has 4 aromatic rings. The number of methoxy groups -OCH3 is 1. The molecule has 3 aliphatic heterocycles. The Balaban J connectivity index is 1.20. The second-order valence-electron chi connectivity index (χ2n) is 15.3. The first-order valence-corrected chi connectivity index (χ1v) is 18.7. The Morgan fingerprint density at radius 1 is 0.962 bits per heavy atom. The summed E-state index contributed by atoms with van der Waals surface area (Å²) in [6.45, 7) is 8.84. The third kappa shape index (κ3) is 5.93. The van der Waals surface area contributed by atoms with Gasteiger partial charge in [0.2, 0.25) is 11.8 Å². The number of imidazole rings is 1. The number of rotatable bonds is 7. The van der Waals surface area contributed by atoms with Crippen molar-refractivity contribution in [2.45, 2.75) is 89.3 Å². The highest BCUT2D eigenvalue weighted by Crippen LogP contribution is 2.52. The van der Waals surface area contributed by atoms with E-state index in [1.54, 1.807) is 13.3 Å². The molecular weight excluding hydrogens is 680 g/mol. The molecule has 8 rings (SSSR count). The summed E-state index contributed by atoms with van der Waals surface area (Å²) >= 11 is 0. The number of likely N-dealkylation sites (tertiary alicyclic amines) is 2. The Bertz CT molecular complexity index is 2110. The highest BCUT2D eigenvalue weighted by Gasteiger charge is 2.55. The largest absolute Gasteiger partial charge is 0.465 e. The first-order chi connectivity index (χ1) is 25.5. The zero-order valence-electron chi connectivity index (χ0n) is 30.6. The van der Waals surface area contributed by atoms with Gasteiger partial charge in [0.1, 0.15) is 17.2 Å². The number of benzene rings is 2. The van der Waals surface area contributed by atoms with Crippen LogP contribution in [-0.2, 0) is 19.7 Å². The van der Waals surface area contributed by atoms with Gasteiger partial charge in [-0.15, -0.1) is 0 Å². The lowest BCUT2D eigenvalue weighted by Gasteiger charge is -2.48. The molecule has 5 heterocycles. The van der Waals surface area contributed by atoms with Gasteiger partial charge in [-0.3, -0.25) is 9.59 Å². The predicted molar refractivity (Wildman–Crippen MR) is 197 cm³/mol. The molecule has 0 bridgehead atoms. The summed E-state index contributed by atoms with van der Waals surface area (Å²) in [5.41, 5.74) is 3.13. The van der Waals surface area contributed by atoms with Gasteiger partial charge in [0, 0.05) is 55.5 Å². The first-order valence-electron chi connectivity index (χ1n) is 18.7. The van der Waals surface area contributed by atoms with E-state index in [0.29, 0.717) is 54.8 Å². The molecule has 0 unspecified atom stereocenters. The summed E-state index contributed by atoms with van der Waals surface area (Å²) in [7, 11) is 1.13. The minimum Gasteiger partial charge on any atom is -0.465 e. The van der Waals surface area contributed by atoms with E-state index >= 15 is 4.39 Å². The van der Waals surface area contributed by atoms with Crippen LogP contribution in [0.15, 0.2) is 42.7 Å². The zero-order valence-corrected chi connectivity index (χ0v) is 30.6. The van der Waals surface area contributed by atoms with Crippen LogP contribution in [0.4, 0.5) is 26.0 Å². The summed E-state index contributed by atoms with van der Waals surface area (Å²) in [5, 5.41) is 3.03. The number of esters is 1. The maximum absolute atomic E-state index is 15.3. The number of aromatic nitrogens is 3. The molecule has 1 spiro atoms. The van der Waals surface area contributed by atoms with Gasteiger partial charge in [0.25, 0.3) is 0 Å². The topological polar surface area (TPSA) is 113 Å². The average molecular weight is 726 g/mol. The second kappa shape index (κ2) is 13.5. The Morgan fingerprint density at radius 2 is 1.70 bits per heavy atom. The van der Waals surface area contributed by atoms with Crippen LogP contribution < -0.4 is 10.2 Å². The van der Waals surface area contributed by atoms with E-state index in [-0.39, 0.29) is 35.4 Å². The monoisotopic (exact) mass is 725 g/mol. The molecule has 53 heavy (non-hydrogen) atoms. The van der Waals surface area contributed by atoms with Crippen molar-refractivity contribution < 1.29 is 27.9 Å². The van der Waals surface area contributed by atoms with Crippen molar-refractivity contribution in [2.24, 2.45) is 0 Å². The van der Waals surface area contributed by atoms with Crippen LogP contribution in [0.5, 0.6) is 0 Å². The number of halogens is 2. The summed E-state index contributed by atoms with van der Waals surface area (Å²) < 4.78 is 36.5. The highest BCUT2D eigenvalue weighted by atomic mass is 19.1. The van der Waals surface area contributed by atoms with Crippen LogP contribution in [0, 0.1) is 11.6 Å². The smallest absolute Gasteiger partial charge is 0.340 e. The fourth-order valence-electron chi connectivity index (χ4n) is 8.88. The highest BCUT2D eigenvalue weighted by molar-refractivity contribution is 6.09. The lowest BCUT2D eigenvalue weighted by molar-refractivity contribution is -0.134. The second-order valence-corrected chi connectivity index (χ2v) is 15.3. The number of anilines is 3. The number of nitrogens with zero attached hydrogens (tertiary/aromatic N) is 6. The maximum atomic E-state index is 15.3. The number of pyridine rings is 1. The number of amides is 2. The van der Waals surface area contributed by atoms with E-state index in [1.165, 1.54) is 19.3 Å². The van der Waals surface area contributed by atoms with Gasteiger partial charge in [-0.1, -0.05) is 18.6 Å². The average Bonchev–Trinajstić information content (AvgIpc) is 3.67. The number of fused-ring (bicyclic) bond motifs is 3. The number of ether oxygens (including phenoxy) is 1. The summed E-state index contributed by atoms with van der Waals surface area (Å²) in [6.07, 6.45) is 8.39. The van der Waals surface area contributed by atoms with Crippen molar-refractivity contribution in [1.29, 1.82) is 0 Å². The van der Waals surface area contributed by atoms with Crippen molar-refractivity contribution >= 4 is 46.0 Å². The fraction of sp³-hybridized carbons (Fsp3) is 0.475. The third-order valence-corrected chi connectivity index (χ3v) is 11.9. The molecule has 0 radical (unpaired) electrons. The van der Waals surface area contributed by atoms with E-state index in [4.69, 9.17) is 9.72 Å². The van der Waals surface area contributed by atoms with E-state index in [2.05, 4.69) is 15.2 Å². The van der Waals surface area contributed by atoms with Gasteiger partial charge in [-0.25, -0.2) is 23.5 Å². The SMILES string of the molecule is COC(=O)c1cc(Nc2nc(-c3ccc4c(c3)N(C3CC(N5CCCCC5)C3)C(=O)C43CCN(C(C)=O)CC3)cc3ncn(C(C)C)c23)c(F)cc1F. The molecule has 278 valence electrons. The van der Waals surface area contributed by atoms with Crippen molar-refractivity contribution in [2.75, 3.05) is 43.5 Å². The Labute approximate surface area is 307 Å². The summed E-state index contributed by atoms with van der Waals surface area (Å²) in [6, 6.07) is 10.2. The van der Waals surface area contributed by atoms with Crippen LogP contribution in [-0.4, -0.2) is 87.5 Å². The number of carbonyl (C=O) groups excluding carboxylic acids is 3. The number of piperidine rings is 2. The lowest BCUT2D eigenvalue weighted by atomic mass is 9.73. The summed E-state index contributed by atoms with van der Waals surface area (Å²) in [4.78, 5) is 55.4. The van der Waals surface area contributed by atoms with Crippen molar-refractivity contribution in [1.82, 2.24) is 24.3 Å². The van der Waals surface area contributed by atoms with Gasteiger partial charge < -0.3 is 29.3 Å². The Hall–Kier alpha value is -4.91. The standard InChI is InChI=1S/C40H45F2N7O4/c1-23(2)48-22-43-34-21-32(44-37(36(34)48)45-33-19-28(38(51)53-4)30(41)20-31(33)42)25-8-9-29-35(16-25)49(27-17-26(18-27)47-12-6-5-7-13-47)39(52)40(29)10-14-46(15-11-40)24(3)50/h8-9,16,19-23,26-27H,5-7,10-15,17-18H2,1-4H3,(H,44,45). The van der Waals surface area contributed by atoms with Gasteiger partial charge in [-0.2, -0.15) is 0 Å². The normalized spacial score (nSPS) is 21.3. The molecule has 13 heteroatoms. The van der Waals surface area contributed by atoms with Gasteiger partial charge in [0.15, 0.2) is 5.82 Å². The van der Waals surface area contributed by atoms with Gasteiger partial charge >= 0.3 is 5.97 Å². The van der Waals surface area contributed by atoms with Crippen LogP contribution in [0.2, 0.25) is 0 Å². The molecule has 1 aliphatic carbocycles. The summed E-state index contributed by atoms with van der Waals surface area (Å²) in [5.74, 6) is -2.45. The molecule has 4 aliphatic rings. The molecule has 2 aromatic carbocycles. The number of hydrogen-bond acceptors (Lipinski definition) is 8. The minimum absolute atomic E-state index is 0.0155. The van der Waals surface area contributed by atoms with Gasteiger partial charge in [0.05, 0.1) is 41.3 Å². The number of carbonyl (C=O) groups is 3. The Morgan fingerprint density at radius 3 is 2.38 bits per heavy atom. The van der Waals surface area contributed by atoms with Crippen LogP contribution in [0.25, 0.3) is 22.3 Å². The molecular formula is C40H45F2N7O4.